The third kappa shape index (κ3) is 0.439. The van der Waals surface area contributed by atoms with Crippen molar-refractivity contribution in [3.05, 3.63) is 69.4 Å². The highest BCUT2D eigenvalue weighted by atomic mass is 28.3. The van der Waals surface area contributed by atoms with Crippen LogP contribution in [-0.4, -0.2) is 8.07 Å². The predicted octanol–water partition coefficient (Wildman–Crippen LogP) is 2.46. The van der Waals surface area contributed by atoms with Crippen molar-refractivity contribution in [1.29, 1.82) is 0 Å². The fourth-order valence-corrected chi connectivity index (χ4v) is 7.61. The molecule has 0 atom stereocenters. The van der Waals surface area contributed by atoms with Crippen LogP contribution in [0.25, 0.3) is 0 Å². The molecule has 0 nitrogen and oxygen atoms in total. The number of hydrogen-bond acceptors (Lipinski definition) is 0. The molecule has 0 radical (unpaired) electrons. The Bertz CT molecular complexity index is 412. The molecule has 0 aliphatic carbocycles. The lowest BCUT2D eigenvalue weighted by Gasteiger charge is -2.22. The molecule has 60 valence electrons. The van der Waals surface area contributed by atoms with Crippen molar-refractivity contribution in [2.75, 3.05) is 0 Å². The van der Waals surface area contributed by atoms with Crippen LogP contribution in [0.2, 0.25) is 0 Å². The summed E-state index contributed by atoms with van der Waals surface area (Å²) in [6.07, 6.45) is 18.5. The molecule has 1 spiro atoms. The Kier molecular flexibility index (Phi) is 0.775. The van der Waals surface area contributed by atoms with Crippen molar-refractivity contribution in [1.82, 2.24) is 0 Å². The maximum Gasteiger partial charge on any atom is 0.179 e. The van der Waals surface area contributed by atoms with Crippen molar-refractivity contribution in [3.8, 4) is 0 Å². The lowest BCUT2D eigenvalue weighted by Crippen LogP contribution is -2.34. The third-order valence-electron chi connectivity index (χ3n) is 3.50. The fraction of sp³-hybridized carbons (Fsp3) is 0. The van der Waals surface area contributed by atoms with Crippen LogP contribution in [0, 0.1) is 0 Å². The van der Waals surface area contributed by atoms with Crippen molar-refractivity contribution < 1.29 is 0 Å². The van der Waals surface area contributed by atoms with Gasteiger partial charge in [0.05, 0.1) is 0 Å². The van der Waals surface area contributed by atoms with E-state index in [0.29, 0.717) is 0 Å². The topological polar surface area (TPSA) is 0 Å². The maximum absolute atomic E-state index is 2.31. The monoisotopic (exact) mass is 180 g/mol. The van der Waals surface area contributed by atoms with Gasteiger partial charge in [-0.25, -0.2) is 0 Å². The van der Waals surface area contributed by atoms with E-state index in [9.17, 15) is 0 Å². The van der Waals surface area contributed by atoms with Crippen LogP contribution < -0.4 is 0 Å². The van der Waals surface area contributed by atoms with Gasteiger partial charge in [0, 0.05) is 0 Å². The van der Waals surface area contributed by atoms with Gasteiger partial charge in [-0.15, -0.1) is 0 Å². The van der Waals surface area contributed by atoms with Crippen LogP contribution in [0.5, 0.6) is 0 Å². The Morgan fingerprint density at radius 1 is 0.538 bits per heavy atom. The molecule has 13 heavy (non-hydrogen) atoms. The summed E-state index contributed by atoms with van der Waals surface area (Å²) in [6, 6.07) is 0. The smallest absolute Gasteiger partial charge is 0.0620 e. The molecule has 0 aromatic rings. The largest absolute Gasteiger partial charge is 0.179 e. The van der Waals surface area contributed by atoms with Crippen LogP contribution in [0.1, 0.15) is 0 Å². The zero-order valence-corrected chi connectivity index (χ0v) is 8.12. The summed E-state index contributed by atoms with van der Waals surface area (Å²) in [5.74, 6) is 0. The molecule has 1 heteroatoms. The van der Waals surface area contributed by atoms with Gasteiger partial charge in [-0.2, -0.15) is 0 Å². The van der Waals surface area contributed by atoms with E-state index in [1.165, 1.54) is 0 Å². The molecular formula is C12H8Si. The molecule has 4 aliphatic heterocycles. The Hall–Kier alpha value is -1.34. The van der Waals surface area contributed by atoms with Gasteiger partial charge in [0.15, 0.2) is 8.07 Å². The van der Waals surface area contributed by atoms with Gasteiger partial charge in [0.25, 0.3) is 0 Å². The van der Waals surface area contributed by atoms with Crippen molar-refractivity contribution >= 4 is 8.07 Å². The number of hydrogen-bond donors (Lipinski definition) is 0. The summed E-state index contributed by atoms with van der Waals surface area (Å²) in [6.45, 7) is 0. The average molecular weight is 180 g/mol. The molecule has 0 aromatic carbocycles. The minimum atomic E-state index is -1.44. The molecule has 0 unspecified atom stereocenters. The van der Waals surface area contributed by atoms with Gasteiger partial charge in [0.2, 0.25) is 0 Å². The van der Waals surface area contributed by atoms with E-state index in [2.05, 4.69) is 48.6 Å². The second kappa shape index (κ2) is 1.63. The maximum atomic E-state index is 2.31. The highest BCUT2D eigenvalue weighted by Crippen LogP contribution is 2.52. The van der Waals surface area contributed by atoms with Crippen LogP contribution in [0.3, 0.4) is 0 Å². The van der Waals surface area contributed by atoms with E-state index in [0.717, 1.165) is 0 Å². The van der Waals surface area contributed by atoms with E-state index < -0.39 is 8.07 Å². The minimum absolute atomic E-state index is 1.44. The molecule has 4 rings (SSSR count). The molecule has 0 aromatic heterocycles. The molecule has 4 bridgehead atoms. The SMILES string of the molecule is C1=CC2=CC=C1[Si]21C2=CC=C1C=C2. The summed E-state index contributed by atoms with van der Waals surface area (Å²) in [5, 5.41) is 6.34. The summed E-state index contributed by atoms with van der Waals surface area (Å²) < 4.78 is 0. The summed E-state index contributed by atoms with van der Waals surface area (Å²) in [4.78, 5) is 0. The van der Waals surface area contributed by atoms with E-state index in [4.69, 9.17) is 0 Å². The molecular weight excluding hydrogens is 172 g/mol. The Morgan fingerprint density at radius 3 is 1.08 bits per heavy atom. The van der Waals surface area contributed by atoms with Gasteiger partial charge in [-0.1, -0.05) is 48.6 Å². The van der Waals surface area contributed by atoms with Crippen LogP contribution >= 0.6 is 0 Å². The summed E-state index contributed by atoms with van der Waals surface area (Å²) >= 11 is 0. The number of rotatable bonds is 0. The molecule has 4 aliphatic rings. The first-order chi connectivity index (χ1) is 6.42. The van der Waals surface area contributed by atoms with E-state index in [-0.39, 0.29) is 0 Å². The highest BCUT2D eigenvalue weighted by molar-refractivity contribution is 7.08. The second-order valence-electron chi connectivity index (χ2n) is 3.90. The second-order valence-corrected chi connectivity index (χ2v) is 7.71. The van der Waals surface area contributed by atoms with E-state index in [1.807, 2.05) is 0 Å². The quantitative estimate of drug-likeness (QED) is 0.502. The standard InChI is InChI=1S/C12H8Si/c1-2-10-4-3-9(1)13(10)11-5-6-12(13)8-7-11/h1-8H. The zero-order valence-electron chi connectivity index (χ0n) is 7.12. The molecule has 0 saturated carbocycles. The van der Waals surface area contributed by atoms with Gasteiger partial charge in [-0.3, -0.25) is 0 Å². The first kappa shape index (κ1) is 6.16. The summed E-state index contributed by atoms with van der Waals surface area (Å²) in [7, 11) is -1.44. The molecule has 0 saturated heterocycles. The molecule has 0 amide bonds. The normalized spacial score (nSPS) is 28.3. The van der Waals surface area contributed by atoms with E-state index in [1.54, 1.807) is 20.8 Å². The Balaban J connectivity index is 2.13. The van der Waals surface area contributed by atoms with Crippen LogP contribution in [0.4, 0.5) is 0 Å². The number of allylic oxidation sites excluding steroid dienone is 12. The van der Waals surface area contributed by atoms with Crippen molar-refractivity contribution in [2.45, 2.75) is 0 Å². The molecule has 0 fully saturated rings. The first-order valence-electron chi connectivity index (χ1n) is 4.64. The van der Waals surface area contributed by atoms with Crippen molar-refractivity contribution in [2.24, 2.45) is 0 Å². The van der Waals surface area contributed by atoms with Gasteiger partial charge in [0.1, 0.15) is 0 Å². The van der Waals surface area contributed by atoms with Crippen LogP contribution in [-0.2, 0) is 0 Å². The molecule has 4 heterocycles. The Morgan fingerprint density at radius 2 is 0.846 bits per heavy atom. The highest BCUT2D eigenvalue weighted by Gasteiger charge is 2.52. The predicted molar refractivity (Wildman–Crippen MR) is 56.4 cm³/mol. The van der Waals surface area contributed by atoms with E-state index >= 15 is 0 Å². The van der Waals surface area contributed by atoms with Gasteiger partial charge < -0.3 is 0 Å². The van der Waals surface area contributed by atoms with Crippen molar-refractivity contribution in [3.63, 3.8) is 0 Å². The van der Waals surface area contributed by atoms with Crippen LogP contribution in [0.15, 0.2) is 69.4 Å². The van der Waals surface area contributed by atoms with Gasteiger partial charge in [-0.05, 0) is 20.8 Å². The molecule has 0 N–H and O–H groups in total. The third-order valence-corrected chi connectivity index (χ3v) is 8.30. The minimum Gasteiger partial charge on any atom is -0.0620 e. The fourth-order valence-electron chi connectivity index (χ4n) is 2.94. The van der Waals surface area contributed by atoms with Gasteiger partial charge >= 0.3 is 0 Å². The zero-order chi connectivity index (χ0) is 8.47. The lowest BCUT2D eigenvalue weighted by molar-refractivity contribution is 1.81. The summed E-state index contributed by atoms with van der Waals surface area (Å²) in [5.41, 5.74) is 0. The average Bonchev–Trinajstić information content (AvgIpc) is 2.92. The lowest BCUT2D eigenvalue weighted by atomic mass is 10.3. The first-order valence-corrected chi connectivity index (χ1v) is 6.64. The Labute approximate surface area is 78.0 Å².